The van der Waals surface area contributed by atoms with Crippen molar-refractivity contribution >= 4 is 23.5 Å². The van der Waals surface area contributed by atoms with Gasteiger partial charge in [0.2, 0.25) is 0 Å². The van der Waals surface area contributed by atoms with Crippen molar-refractivity contribution in [2.75, 3.05) is 0 Å². The van der Waals surface area contributed by atoms with Crippen LogP contribution in [-0.4, -0.2) is 16.9 Å². The van der Waals surface area contributed by atoms with Gasteiger partial charge in [-0.2, -0.15) is 0 Å². The van der Waals surface area contributed by atoms with E-state index in [1.54, 1.807) is 11.8 Å². The van der Waals surface area contributed by atoms with Gasteiger partial charge in [-0.15, -0.1) is 11.8 Å². The highest BCUT2D eigenvalue weighted by atomic mass is 32.2. The van der Waals surface area contributed by atoms with Crippen LogP contribution in [-0.2, 0) is 10.5 Å². The maximum Gasteiger partial charge on any atom is 0.303 e. The fourth-order valence-corrected chi connectivity index (χ4v) is 4.27. The summed E-state index contributed by atoms with van der Waals surface area (Å²) in [5.74, 6) is -0.536. The molecule has 3 aromatic carbocycles. The summed E-state index contributed by atoms with van der Waals surface area (Å²) in [6.45, 7) is 1.96. The molecule has 1 N–H and O–H groups in total. The van der Waals surface area contributed by atoms with Gasteiger partial charge >= 0.3 is 5.97 Å². The van der Waals surface area contributed by atoms with Gasteiger partial charge in [-0.25, -0.2) is 0 Å². The van der Waals surface area contributed by atoms with Crippen LogP contribution in [0.4, 0.5) is 0 Å². The van der Waals surface area contributed by atoms with Gasteiger partial charge in [0, 0.05) is 28.6 Å². The van der Waals surface area contributed by atoms with E-state index in [2.05, 4.69) is 12.1 Å². The third-order valence-corrected chi connectivity index (χ3v) is 5.96. The number of ketones is 1. The highest BCUT2D eigenvalue weighted by Crippen LogP contribution is 2.30. The van der Waals surface area contributed by atoms with Crippen molar-refractivity contribution in [3.8, 4) is 0 Å². The number of carbonyl (C=O) groups excluding carboxylic acids is 1. The number of aliphatic carboxylic acids is 1. The second-order valence-corrected chi connectivity index (χ2v) is 8.06. The van der Waals surface area contributed by atoms with Crippen LogP contribution < -0.4 is 0 Å². The highest BCUT2D eigenvalue weighted by Gasteiger charge is 2.24. The normalized spacial score (nSPS) is 11.8. The lowest BCUT2D eigenvalue weighted by Crippen LogP contribution is -2.16. The standard InChI is InChI=1S/C25H24O3S/c1-18-8-5-6-13-22(18)23(14-15-24(26)27)25(28)20-11-7-12-21(16-20)29-17-19-9-3-2-4-10-19/h2-13,16,23H,14-15,17H2,1H3,(H,26,27). The van der Waals surface area contributed by atoms with Gasteiger partial charge in [-0.05, 0) is 42.2 Å². The van der Waals surface area contributed by atoms with Gasteiger partial charge < -0.3 is 5.11 Å². The quantitative estimate of drug-likeness (QED) is 0.345. The summed E-state index contributed by atoms with van der Waals surface area (Å²) in [4.78, 5) is 25.5. The van der Waals surface area contributed by atoms with E-state index in [1.165, 1.54) is 5.56 Å². The van der Waals surface area contributed by atoms with Crippen LogP contribution in [0.1, 0.15) is 45.8 Å². The van der Waals surface area contributed by atoms with E-state index in [9.17, 15) is 9.59 Å². The monoisotopic (exact) mass is 404 g/mol. The molecule has 0 saturated heterocycles. The van der Waals surface area contributed by atoms with E-state index >= 15 is 0 Å². The van der Waals surface area contributed by atoms with Crippen molar-refractivity contribution in [2.24, 2.45) is 0 Å². The Morgan fingerprint density at radius 2 is 1.66 bits per heavy atom. The number of carboxylic acids is 1. The molecule has 0 amide bonds. The second-order valence-electron chi connectivity index (χ2n) is 7.01. The molecular formula is C25H24O3S. The van der Waals surface area contributed by atoms with Crippen LogP contribution in [0, 0.1) is 6.92 Å². The molecule has 0 heterocycles. The first-order valence-corrected chi connectivity index (χ1v) is 10.6. The van der Waals surface area contributed by atoms with Crippen molar-refractivity contribution in [3.05, 3.63) is 101 Å². The van der Waals surface area contributed by atoms with Crippen molar-refractivity contribution in [1.82, 2.24) is 0 Å². The van der Waals surface area contributed by atoms with E-state index in [1.807, 2.05) is 73.7 Å². The molecule has 3 aromatic rings. The number of rotatable bonds is 9. The summed E-state index contributed by atoms with van der Waals surface area (Å²) in [7, 11) is 0. The lowest BCUT2D eigenvalue weighted by Gasteiger charge is -2.18. The Balaban J connectivity index is 1.81. The molecule has 4 heteroatoms. The van der Waals surface area contributed by atoms with Crippen LogP contribution in [0.5, 0.6) is 0 Å². The predicted octanol–water partition coefficient (Wildman–Crippen LogP) is 6.12. The smallest absolute Gasteiger partial charge is 0.303 e. The zero-order valence-corrected chi connectivity index (χ0v) is 17.2. The van der Waals surface area contributed by atoms with Crippen molar-refractivity contribution in [1.29, 1.82) is 0 Å². The summed E-state index contributed by atoms with van der Waals surface area (Å²) in [6.07, 6.45) is 0.258. The Morgan fingerprint density at radius 3 is 2.38 bits per heavy atom. The lowest BCUT2D eigenvalue weighted by molar-refractivity contribution is -0.137. The number of carbonyl (C=O) groups is 2. The van der Waals surface area contributed by atoms with Gasteiger partial charge in [0.1, 0.15) is 0 Å². The van der Waals surface area contributed by atoms with Gasteiger partial charge in [0.05, 0.1) is 0 Å². The van der Waals surface area contributed by atoms with Crippen molar-refractivity contribution in [3.63, 3.8) is 0 Å². The van der Waals surface area contributed by atoms with Crippen LogP contribution in [0.25, 0.3) is 0 Å². The van der Waals surface area contributed by atoms with E-state index in [4.69, 9.17) is 5.11 Å². The summed E-state index contributed by atoms with van der Waals surface area (Å²) in [5.41, 5.74) is 3.77. The Bertz CT molecular complexity index is 982. The highest BCUT2D eigenvalue weighted by molar-refractivity contribution is 7.98. The molecule has 0 radical (unpaired) electrons. The molecule has 0 aliphatic rings. The minimum Gasteiger partial charge on any atom is -0.481 e. The number of hydrogen-bond donors (Lipinski definition) is 1. The number of benzene rings is 3. The summed E-state index contributed by atoms with van der Waals surface area (Å²) >= 11 is 1.69. The molecule has 0 aromatic heterocycles. The number of hydrogen-bond acceptors (Lipinski definition) is 3. The molecule has 148 valence electrons. The van der Waals surface area contributed by atoms with Crippen LogP contribution in [0.2, 0.25) is 0 Å². The number of thioether (sulfide) groups is 1. The number of Topliss-reactive ketones (excluding diaryl/α,β-unsaturated/α-hetero) is 1. The third kappa shape index (κ3) is 5.81. The van der Waals surface area contributed by atoms with Crippen LogP contribution in [0.3, 0.4) is 0 Å². The van der Waals surface area contributed by atoms with Crippen LogP contribution >= 0.6 is 11.8 Å². The van der Waals surface area contributed by atoms with Gasteiger partial charge in [0.15, 0.2) is 5.78 Å². The zero-order valence-electron chi connectivity index (χ0n) is 16.4. The van der Waals surface area contributed by atoms with Crippen molar-refractivity contribution < 1.29 is 14.7 Å². The molecule has 0 saturated carbocycles. The average molecular weight is 405 g/mol. The van der Waals surface area contributed by atoms with Gasteiger partial charge in [-0.3, -0.25) is 9.59 Å². The number of aryl methyl sites for hydroxylation is 1. The first-order chi connectivity index (χ1) is 14.0. The first kappa shape index (κ1) is 20.9. The van der Waals surface area contributed by atoms with Crippen LogP contribution in [0.15, 0.2) is 83.8 Å². The summed E-state index contributed by atoms with van der Waals surface area (Å²) < 4.78 is 0. The molecule has 0 aliphatic carbocycles. The maximum atomic E-state index is 13.3. The Morgan fingerprint density at radius 1 is 0.931 bits per heavy atom. The van der Waals surface area contributed by atoms with E-state index in [0.717, 1.165) is 21.8 Å². The Labute approximate surface area is 175 Å². The minimum absolute atomic E-state index is 0.0253. The SMILES string of the molecule is Cc1ccccc1C(CCC(=O)O)C(=O)c1cccc(SCc2ccccc2)c1. The first-order valence-electron chi connectivity index (χ1n) is 9.63. The van der Waals surface area contributed by atoms with E-state index in [0.29, 0.717) is 12.0 Å². The lowest BCUT2D eigenvalue weighted by atomic mass is 9.85. The fourth-order valence-electron chi connectivity index (χ4n) is 3.35. The topological polar surface area (TPSA) is 54.4 Å². The number of carboxylic acid groups (broad SMARTS) is 1. The molecule has 1 unspecified atom stereocenters. The molecule has 0 spiro atoms. The average Bonchev–Trinajstić information content (AvgIpc) is 2.74. The zero-order chi connectivity index (χ0) is 20.6. The minimum atomic E-state index is -0.886. The maximum absolute atomic E-state index is 13.3. The molecule has 3 rings (SSSR count). The molecule has 1 atom stereocenters. The largest absolute Gasteiger partial charge is 0.481 e. The predicted molar refractivity (Wildman–Crippen MR) is 118 cm³/mol. The molecule has 29 heavy (non-hydrogen) atoms. The van der Waals surface area contributed by atoms with Gasteiger partial charge in [-0.1, -0.05) is 66.7 Å². The second kappa shape index (κ2) is 10.1. The molecule has 0 fully saturated rings. The molecule has 0 aliphatic heterocycles. The van der Waals surface area contributed by atoms with E-state index < -0.39 is 11.9 Å². The summed E-state index contributed by atoms with van der Waals surface area (Å²) in [5, 5.41) is 9.14. The molecular weight excluding hydrogens is 380 g/mol. The fraction of sp³-hybridized carbons (Fsp3) is 0.200. The molecule has 3 nitrogen and oxygen atoms in total. The van der Waals surface area contributed by atoms with Crippen molar-refractivity contribution in [2.45, 2.75) is 36.3 Å². The Kier molecular flexibility index (Phi) is 7.25. The summed E-state index contributed by atoms with van der Waals surface area (Å²) in [6, 6.07) is 25.6. The Hall–Kier alpha value is -2.85. The molecule has 0 bridgehead atoms. The van der Waals surface area contributed by atoms with E-state index in [-0.39, 0.29) is 12.2 Å². The third-order valence-electron chi connectivity index (χ3n) is 4.89. The van der Waals surface area contributed by atoms with Gasteiger partial charge in [0.25, 0.3) is 0 Å².